The lowest BCUT2D eigenvalue weighted by atomic mass is 9.88. The zero-order valence-corrected chi connectivity index (χ0v) is 17.7. The van der Waals surface area contributed by atoms with E-state index in [0.717, 1.165) is 44.1 Å². The third-order valence-corrected chi connectivity index (χ3v) is 7.21. The fourth-order valence-electron chi connectivity index (χ4n) is 4.58. The first kappa shape index (κ1) is 19.5. The van der Waals surface area contributed by atoms with E-state index in [1.807, 2.05) is 0 Å². The minimum atomic E-state index is -0.186. The van der Waals surface area contributed by atoms with Gasteiger partial charge in [0.25, 0.3) is 5.91 Å². The van der Waals surface area contributed by atoms with Crippen molar-refractivity contribution < 1.29 is 13.9 Å². The maximum Gasteiger partial charge on any atom is 0.291 e. The van der Waals surface area contributed by atoms with Gasteiger partial charge in [0.2, 0.25) is 0 Å². The fraction of sp³-hybridized carbons (Fsp3) is 0.375. The lowest BCUT2D eigenvalue weighted by Crippen LogP contribution is -2.40. The standard InChI is InChI=1S/C24H26N2O3S/c27-23(19-10-6-14-29-19)25-24-21(18-9-4-5-11-20(18)30-24)22(17-7-2-1-3-8-17)26-12-15-28-16-13-26/h1-3,6-8,10,14,22H,4-5,9,11-13,15-16H2,(H,25,27)/t22-/m0/s1. The highest BCUT2D eigenvalue weighted by atomic mass is 32.1. The predicted octanol–water partition coefficient (Wildman–Crippen LogP) is 4.89. The van der Waals surface area contributed by atoms with Crippen LogP contribution in [0.4, 0.5) is 5.00 Å². The number of nitrogens with one attached hydrogen (secondary N) is 1. The first-order valence-corrected chi connectivity index (χ1v) is 11.5. The molecule has 156 valence electrons. The smallest absolute Gasteiger partial charge is 0.291 e. The van der Waals surface area contributed by atoms with E-state index in [4.69, 9.17) is 9.15 Å². The van der Waals surface area contributed by atoms with Gasteiger partial charge in [-0.05, 0) is 48.9 Å². The number of benzene rings is 1. The molecule has 1 N–H and O–H groups in total. The summed E-state index contributed by atoms with van der Waals surface area (Å²) >= 11 is 1.74. The Kier molecular flexibility index (Phi) is 5.71. The van der Waals surface area contributed by atoms with Crippen molar-refractivity contribution in [3.8, 4) is 0 Å². The molecule has 1 aromatic carbocycles. The third-order valence-electron chi connectivity index (χ3n) is 5.98. The molecular formula is C24H26N2O3S. The molecule has 0 saturated carbocycles. The van der Waals surface area contributed by atoms with E-state index >= 15 is 0 Å². The van der Waals surface area contributed by atoms with E-state index in [1.165, 1.54) is 40.7 Å². The molecule has 2 aliphatic rings. The number of aryl methyl sites for hydroxylation is 1. The van der Waals surface area contributed by atoms with Crippen molar-refractivity contribution in [1.82, 2.24) is 4.90 Å². The monoisotopic (exact) mass is 422 g/mol. The Hall–Kier alpha value is -2.41. The highest BCUT2D eigenvalue weighted by molar-refractivity contribution is 7.16. The molecule has 1 amide bonds. The van der Waals surface area contributed by atoms with Crippen molar-refractivity contribution in [3.05, 3.63) is 76.1 Å². The van der Waals surface area contributed by atoms with Gasteiger partial charge in [0, 0.05) is 23.5 Å². The van der Waals surface area contributed by atoms with Gasteiger partial charge in [-0.3, -0.25) is 9.69 Å². The molecule has 1 saturated heterocycles. The van der Waals surface area contributed by atoms with E-state index in [0.29, 0.717) is 5.76 Å². The maximum atomic E-state index is 12.8. The van der Waals surface area contributed by atoms with Crippen LogP contribution in [0.2, 0.25) is 0 Å². The lowest BCUT2D eigenvalue weighted by Gasteiger charge is -2.36. The lowest BCUT2D eigenvalue weighted by molar-refractivity contribution is 0.0239. The van der Waals surface area contributed by atoms with Crippen LogP contribution in [-0.2, 0) is 17.6 Å². The van der Waals surface area contributed by atoms with E-state index in [-0.39, 0.29) is 11.9 Å². The Bertz CT molecular complexity index is 991. The Morgan fingerprint density at radius 2 is 1.83 bits per heavy atom. The summed E-state index contributed by atoms with van der Waals surface area (Å²) in [5, 5.41) is 4.15. The first-order chi connectivity index (χ1) is 14.8. The number of nitrogens with zero attached hydrogens (tertiary/aromatic N) is 1. The number of anilines is 1. The number of morpholine rings is 1. The van der Waals surface area contributed by atoms with Gasteiger partial charge in [-0.25, -0.2) is 0 Å². The Morgan fingerprint density at radius 3 is 2.60 bits per heavy atom. The van der Waals surface area contributed by atoms with Crippen molar-refractivity contribution >= 4 is 22.2 Å². The van der Waals surface area contributed by atoms with Gasteiger partial charge in [-0.2, -0.15) is 0 Å². The van der Waals surface area contributed by atoms with Crippen molar-refractivity contribution in [1.29, 1.82) is 0 Å². The topological polar surface area (TPSA) is 54.7 Å². The molecule has 0 radical (unpaired) electrons. The summed E-state index contributed by atoms with van der Waals surface area (Å²) in [6.07, 6.45) is 6.12. The quantitative estimate of drug-likeness (QED) is 0.636. The van der Waals surface area contributed by atoms with Crippen LogP contribution in [0.15, 0.2) is 53.1 Å². The van der Waals surface area contributed by atoms with Crippen LogP contribution in [0.25, 0.3) is 0 Å². The van der Waals surface area contributed by atoms with Crippen LogP contribution in [0.3, 0.4) is 0 Å². The predicted molar refractivity (Wildman–Crippen MR) is 118 cm³/mol. The van der Waals surface area contributed by atoms with Crippen molar-refractivity contribution in [2.75, 3.05) is 31.6 Å². The summed E-state index contributed by atoms with van der Waals surface area (Å²) in [6.45, 7) is 3.25. The minimum Gasteiger partial charge on any atom is -0.459 e. The molecule has 0 spiro atoms. The summed E-state index contributed by atoms with van der Waals surface area (Å²) in [7, 11) is 0. The van der Waals surface area contributed by atoms with Crippen LogP contribution < -0.4 is 5.32 Å². The van der Waals surface area contributed by atoms with Crippen molar-refractivity contribution in [2.45, 2.75) is 31.7 Å². The second kappa shape index (κ2) is 8.76. The van der Waals surface area contributed by atoms with Gasteiger partial charge in [0.1, 0.15) is 5.00 Å². The average molecular weight is 423 g/mol. The number of amides is 1. The molecule has 6 heteroatoms. The molecule has 3 heterocycles. The Balaban J connectivity index is 1.60. The van der Waals surface area contributed by atoms with Crippen molar-refractivity contribution in [2.24, 2.45) is 0 Å². The second-order valence-electron chi connectivity index (χ2n) is 7.85. The molecule has 1 aliphatic heterocycles. The summed E-state index contributed by atoms with van der Waals surface area (Å²) in [5.74, 6) is 0.156. The average Bonchev–Trinajstić information content (AvgIpc) is 3.45. The molecule has 3 aromatic rings. The largest absolute Gasteiger partial charge is 0.459 e. The fourth-order valence-corrected chi connectivity index (χ4v) is 5.89. The summed E-state index contributed by atoms with van der Waals surface area (Å²) in [6, 6.07) is 14.2. The number of hydrogen-bond donors (Lipinski definition) is 1. The normalized spacial score (nSPS) is 18.0. The highest BCUT2D eigenvalue weighted by Crippen LogP contribution is 2.45. The second-order valence-corrected chi connectivity index (χ2v) is 8.95. The number of hydrogen-bond acceptors (Lipinski definition) is 5. The molecule has 2 aromatic heterocycles. The van der Waals surface area contributed by atoms with Crippen LogP contribution in [0.1, 0.15) is 51.0 Å². The van der Waals surface area contributed by atoms with Crippen LogP contribution >= 0.6 is 11.3 Å². The van der Waals surface area contributed by atoms with E-state index in [2.05, 4.69) is 40.5 Å². The van der Waals surface area contributed by atoms with Crippen LogP contribution in [0, 0.1) is 0 Å². The number of furan rings is 1. The number of rotatable bonds is 5. The van der Waals surface area contributed by atoms with Gasteiger partial charge in [-0.15, -0.1) is 11.3 Å². The zero-order valence-electron chi connectivity index (χ0n) is 16.9. The molecule has 0 unspecified atom stereocenters. The van der Waals surface area contributed by atoms with Gasteiger partial charge in [-0.1, -0.05) is 30.3 Å². The number of carbonyl (C=O) groups is 1. The molecule has 5 rings (SSSR count). The van der Waals surface area contributed by atoms with Crippen molar-refractivity contribution in [3.63, 3.8) is 0 Å². The molecular weight excluding hydrogens is 396 g/mol. The molecule has 1 fully saturated rings. The summed E-state index contributed by atoms with van der Waals surface area (Å²) in [5.41, 5.74) is 3.96. The Labute approximate surface area is 180 Å². The first-order valence-electron chi connectivity index (χ1n) is 10.7. The molecule has 1 atom stereocenters. The Morgan fingerprint density at radius 1 is 1.03 bits per heavy atom. The number of fused-ring (bicyclic) bond motifs is 1. The molecule has 5 nitrogen and oxygen atoms in total. The van der Waals surface area contributed by atoms with Gasteiger partial charge in [0.05, 0.1) is 25.5 Å². The number of thiophene rings is 1. The molecule has 1 aliphatic carbocycles. The molecule has 0 bridgehead atoms. The number of ether oxygens (including phenoxy) is 1. The van der Waals surface area contributed by atoms with E-state index in [9.17, 15) is 4.79 Å². The third kappa shape index (κ3) is 3.83. The van der Waals surface area contributed by atoms with Crippen LogP contribution in [-0.4, -0.2) is 37.1 Å². The molecule has 30 heavy (non-hydrogen) atoms. The summed E-state index contributed by atoms with van der Waals surface area (Å²) < 4.78 is 11.0. The number of carbonyl (C=O) groups excluding carboxylic acids is 1. The minimum absolute atomic E-state index is 0.111. The van der Waals surface area contributed by atoms with E-state index in [1.54, 1.807) is 23.5 Å². The van der Waals surface area contributed by atoms with Crippen LogP contribution in [0.5, 0.6) is 0 Å². The highest BCUT2D eigenvalue weighted by Gasteiger charge is 2.33. The SMILES string of the molecule is O=C(Nc1sc2c(c1[C@H](c1ccccc1)N1CCOCC1)CCCC2)c1ccco1. The van der Waals surface area contributed by atoms with Gasteiger partial charge < -0.3 is 14.5 Å². The zero-order chi connectivity index (χ0) is 20.3. The van der Waals surface area contributed by atoms with Gasteiger partial charge >= 0.3 is 0 Å². The van der Waals surface area contributed by atoms with E-state index < -0.39 is 0 Å². The van der Waals surface area contributed by atoms with Gasteiger partial charge in [0.15, 0.2) is 5.76 Å². The summed E-state index contributed by atoms with van der Waals surface area (Å²) in [4.78, 5) is 16.8. The maximum absolute atomic E-state index is 12.8.